The Morgan fingerprint density at radius 1 is 1.05 bits per heavy atom. The van der Waals surface area contributed by atoms with Crippen LogP contribution in [0.5, 0.6) is 0 Å². The molecule has 1 unspecified atom stereocenters. The SMILES string of the molecule is OC(c1ccc(F)c(Cl)c1)c1ccc2cccnc2c1. The van der Waals surface area contributed by atoms with Crippen molar-refractivity contribution in [3.8, 4) is 0 Å². The van der Waals surface area contributed by atoms with Gasteiger partial charge in [-0.25, -0.2) is 4.39 Å². The number of aliphatic hydroxyl groups is 1. The van der Waals surface area contributed by atoms with E-state index in [0.29, 0.717) is 11.1 Å². The van der Waals surface area contributed by atoms with Gasteiger partial charge in [0.2, 0.25) is 0 Å². The molecular weight excluding hydrogens is 277 g/mol. The lowest BCUT2D eigenvalue weighted by Gasteiger charge is -2.12. The summed E-state index contributed by atoms with van der Waals surface area (Å²) in [5.41, 5.74) is 2.04. The van der Waals surface area contributed by atoms with Crippen LogP contribution >= 0.6 is 11.6 Å². The molecule has 0 aliphatic rings. The Labute approximate surface area is 120 Å². The molecule has 0 saturated carbocycles. The number of halogens is 2. The van der Waals surface area contributed by atoms with Crippen LogP contribution in [-0.2, 0) is 0 Å². The van der Waals surface area contributed by atoms with Crippen LogP contribution in [0.3, 0.4) is 0 Å². The van der Waals surface area contributed by atoms with E-state index in [1.807, 2.05) is 30.3 Å². The first-order chi connectivity index (χ1) is 9.65. The van der Waals surface area contributed by atoms with Gasteiger partial charge >= 0.3 is 0 Å². The van der Waals surface area contributed by atoms with Crippen LogP contribution in [0.1, 0.15) is 17.2 Å². The summed E-state index contributed by atoms with van der Waals surface area (Å²) >= 11 is 5.74. The van der Waals surface area contributed by atoms with Crippen molar-refractivity contribution in [2.24, 2.45) is 0 Å². The summed E-state index contributed by atoms with van der Waals surface area (Å²) in [6.07, 6.45) is 0.840. The molecule has 2 nitrogen and oxygen atoms in total. The predicted molar refractivity (Wildman–Crippen MR) is 77.2 cm³/mol. The van der Waals surface area contributed by atoms with Crippen molar-refractivity contribution in [2.75, 3.05) is 0 Å². The van der Waals surface area contributed by atoms with Gasteiger partial charge in [-0.05, 0) is 35.4 Å². The Kier molecular flexibility index (Phi) is 3.38. The second-order valence-electron chi connectivity index (χ2n) is 4.53. The Bertz CT molecular complexity index is 775. The van der Waals surface area contributed by atoms with Gasteiger partial charge in [-0.1, -0.05) is 35.9 Å². The van der Waals surface area contributed by atoms with Gasteiger partial charge in [-0.3, -0.25) is 4.98 Å². The van der Waals surface area contributed by atoms with Gasteiger partial charge in [0.15, 0.2) is 0 Å². The highest BCUT2D eigenvalue weighted by atomic mass is 35.5. The summed E-state index contributed by atoms with van der Waals surface area (Å²) in [6, 6.07) is 13.6. The van der Waals surface area contributed by atoms with Crippen molar-refractivity contribution in [1.82, 2.24) is 4.98 Å². The zero-order valence-corrected chi connectivity index (χ0v) is 11.2. The number of pyridine rings is 1. The maximum atomic E-state index is 13.1. The van der Waals surface area contributed by atoms with Crippen molar-refractivity contribution < 1.29 is 9.50 Å². The van der Waals surface area contributed by atoms with Crippen LogP contribution in [0.15, 0.2) is 54.7 Å². The number of hydrogen-bond acceptors (Lipinski definition) is 2. The highest BCUT2D eigenvalue weighted by molar-refractivity contribution is 6.30. The molecule has 0 aliphatic carbocycles. The molecule has 0 bridgehead atoms. The van der Waals surface area contributed by atoms with E-state index in [0.717, 1.165) is 10.9 Å². The lowest BCUT2D eigenvalue weighted by molar-refractivity contribution is 0.220. The number of rotatable bonds is 2. The van der Waals surface area contributed by atoms with Gasteiger partial charge in [-0.15, -0.1) is 0 Å². The molecule has 0 aliphatic heterocycles. The molecule has 4 heteroatoms. The van der Waals surface area contributed by atoms with Crippen molar-refractivity contribution in [1.29, 1.82) is 0 Å². The van der Waals surface area contributed by atoms with Crippen molar-refractivity contribution >= 4 is 22.5 Å². The van der Waals surface area contributed by atoms with E-state index in [1.165, 1.54) is 18.2 Å². The Morgan fingerprint density at radius 2 is 1.80 bits per heavy atom. The second-order valence-corrected chi connectivity index (χ2v) is 4.94. The first-order valence-electron chi connectivity index (χ1n) is 6.13. The summed E-state index contributed by atoms with van der Waals surface area (Å²) in [7, 11) is 0. The minimum absolute atomic E-state index is 0.000430. The van der Waals surface area contributed by atoms with Crippen LogP contribution < -0.4 is 0 Å². The number of aromatic nitrogens is 1. The van der Waals surface area contributed by atoms with Gasteiger partial charge in [0.25, 0.3) is 0 Å². The van der Waals surface area contributed by atoms with Crippen LogP contribution in [-0.4, -0.2) is 10.1 Å². The summed E-state index contributed by atoms with van der Waals surface area (Å²) in [5.74, 6) is -0.497. The molecule has 1 heterocycles. The van der Waals surface area contributed by atoms with Gasteiger partial charge in [0.05, 0.1) is 10.5 Å². The quantitative estimate of drug-likeness (QED) is 0.769. The predicted octanol–water partition coefficient (Wildman–Crippen LogP) is 4.11. The smallest absolute Gasteiger partial charge is 0.141 e. The largest absolute Gasteiger partial charge is 0.384 e. The molecule has 0 amide bonds. The fourth-order valence-electron chi connectivity index (χ4n) is 2.13. The third kappa shape index (κ3) is 2.38. The van der Waals surface area contributed by atoms with Gasteiger partial charge < -0.3 is 5.11 Å². The Balaban J connectivity index is 2.02. The Hall–Kier alpha value is -1.97. The molecule has 100 valence electrons. The molecule has 3 rings (SSSR count). The standard InChI is InChI=1S/C16H11ClFNO/c17-13-8-11(5-6-14(13)18)16(20)12-4-3-10-2-1-7-19-15(10)9-12/h1-9,16,20H. The zero-order valence-electron chi connectivity index (χ0n) is 10.4. The fraction of sp³-hybridized carbons (Fsp3) is 0.0625. The van der Waals surface area contributed by atoms with E-state index in [-0.39, 0.29) is 5.02 Å². The van der Waals surface area contributed by atoms with Gasteiger partial charge in [-0.2, -0.15) is 0 Å². The minimum atomic E-state index is -0.862. The summed E-state index contributed by atoms with van der Waals surface area (Å²) in [6.45, 7) is 0. The van der Waals surface area contributed by atoms with Gasteiger partial charge in [0, 0.05) is 11.6 Å². The molecule has 0 fully saturated rings. The second kappa shape index (κ2) is 5.19. The van der Waals surface area contributed by atoms with E-state index in [1.54, 1.807) is 6.20 Å². The number of nitrogens with zero attached hydrogens (tertiary/aromatic N) is 1. The fourth-order valence-corrected chi connectivity index (χ4v) is 2.32. The van der Waals surface area contributed by atoms with Crippen molar-refractivity contribution in [3.63, 3.8) is 0 Å². The van der Waals surface area contributed by atoms with Crippen LogP contribution in [0, 0.1) is 5.82 Å². The molecule has 1 atom stereocenters. The highest BCUT2D eigenvalue weighted by Crippen LogP contribution is 2.27. The van der Waals surface area contributed by atoms with E-state index in [4.69, 9.17) is 11.6 Å². The van der Waals surface area contributed by atoms with Crippen molar-refractivity contribution in [2.45, 2.75) is 6.10 Å². The van der Waals surface area contributed by atoms with E-state index in [9.17, 15) is 9.50 Å². The molecule has 3 aromatic rings. The van der Waals surface area contributed by atoms with Crippen molar-refractivity contribution in [3.05, 3.63) is 76.7 Å². The average molecular weight is 288 g/mol. The first kappa shape index (κ1) is 13.0. The lowest BCUT2D eigenvalue weighted by Crippen LogP contribution is -2.00. The number of benzene rings is 2. The van der Waals surface area contributed by atoms with E-state index < -0.39 is 11.9 Å². The highest BCUT2D eigenvalue weighted by Gasteiger charge is 2.13. The molecule has 0 spiro atoms. The summed E-state index contributed by atoms with van der Waals surface area (Å²) < 4.78 is 13.1. The number of fused-ring (bicyclic) bond motifs is 1. The van der Waals surface area contributed by atoms with E-state index in [2.05, 4.69) is 4.98 Å². The monoisotopic (exact) mass is 287 g/mol. The third-order valence-electron chi connectivity index (χ3n) is 3.21. The van der Waals surface area contributed by atoms with Crippen LogP contribution in [0.4, 0.5) is 4.39 Å². The Morgan fingerprint density at radius 3 is 2.60 bits per heavy atom. The summed E-state index contributed by atoms with van der Waals surface area (Å²) in [5, 5.41) is 11.4. The average Bonchev–Trinajstić information content (AvgIpc) is 2.49. The van der Waals surface area contributed by atoms with Gasteiger partial charge in [0.1, 0.15) is 11.9 Å². The first-order valence-corrected chi connectivity index (χ1v) is 6.50. The zero-order chi connectivity index (χ0) is 14.1. The third-order valence-corrected chi connectivity index (χ3v) is 3.49. The molecule has 2 aromatic carbocycles. The lowest BCUT2D eigenvalue weighted by atomic mass is 10.00. The maximum absolute atomic E-state index is 13.1. The summed E-state index contributed by atoms with van der Waals surface area (Å²) in [4.78, 5) is 4.25. The molecule has 0 saturated heterocycles. The maximum Gasteiger partial charge on any atom is 0.141 e. The molecule has 20 heavy (non-hydrogen) atoms. The molecule has 1 N–H and O–H groups in total. The molecular formula is C16H11ClFNO. The minimum Gasteiger partial charge on any atom is -0.384 e. The topological polar surface area (TPSA) is 33.1 Å². The number of aliphatic hydroxyl groups excluding tert-OH is 1. The van der Waals surface area contributed by atoms with Crippen LogP contribution in [0.25, 0.3) is 10.9 Å². The van der Waals surface area contributed by atoms with Crippen LogP contribution in [0.2, 0.25) is 5.02 Å². The van der Waals surface area contributed by atoms with E-state index >= 15 is 0 Å². The number of hydrogen-bond donors (Lipinski definition) is 1. The molecule has 0 radical (unpaired) electrons. The normalized spacial score (nSPS) is 12.6. The molecule has 1 aromatic heterocycles.